The molecular weight excluding hydrogens is 369 g/mol. The third-order valence-electron chi connectivity index (χ3n) is 3.71. The molecule has 0 heterocycles. The first-order chi connectivity index (χ1) is 10.8. The first kappa shape index (κ1) is 17.7. The van der Waals surface area contributed by atoms with E-state index in [1.807, 2.05) is 0 Å². The number of carbonyl (C=O) groups excluding carboxylic acids is 1. The van der Waals surface area contributed by atoms with Crippen molar-refractivity contribution >= 4 is 27.8 Å². The van der Waals surface area contributed by atoms with Gasteiger partial charge in [-0.1, -0.05) is 6.92 Å². The summed E-state index contributed by atoms with van der Waals surface area (Å²) in [5.41, 5.74) is 0. The lowest BCUT2D eigenvalue weighted by atomic mass is 10.1. The van der Waals surface area contributed by atoms with Crippen molar-refractivity contribution in [1.29, 1.82) is 0 Å². The summed E-state index contributed by atoms with van der Waals surface area (Å²) in [6, 6.07) is 4.05. The zero-order valence-corrected chi connectivity index (χ0v) is 14.5. The van der Waals surface area contributed by atoms with Crippen LogP contribution in [-0.2, 0) is 9.59 Å². The molecule has 1 saturated carbocycles. The SMILES string of the molecule is CC(CN(C(=O)C(C)Oc1ccc(F)cc1Br)C1CC1)C(=O)O. The van der Waals surface area contributed by atoms with E-state index < -0.39 is 23.8 Å². The predicted molar refractivity (Wildman–Crippen MR) is 85.7 cm³/mol. The van der Waals surface area contributed by atoms with E-state index in [4.69, 9.17) is 9.84 Å². The van der Waals surface area contributed by atoms with Gasteiger partial charge in [-0.3, -0.25) is 9.59 Å². The number of amides is 1. The zero-order chi connectivity index (χ0) is 17.1. The van der Waals surface area contributed by atoms with Crippen molar-refractivity contribution in [2.75, 3.05) is 6.54 Å². The average Bonchev–Trinajstić information content (AvgIpc) is 3.31. The van der Waals surface area contributed by atoms with Crippen molar-refractivity contribution in [3.05, 3.63) is 28.5 Å². The van der Waals surface area contributed by atoms with Crippen molar-refractivity contribution in [1.82, 2.24) is 4.90 Å². The highest BCUT2D eigenvalue weighted by Crippen LogP contribution is 2.30. The van der Waals surface area contributed by atoms with Gasteiger partial charge in [0.1, 0.15) is 11.6 Å². The molecule has 1 fully saturated rings. The van der Waals surface area contributed by atoms with Crippen LogP contribution in [0.15, 0.2) is 22.7 Å². The number of hydrogen-bond acceptors (Lipinski definition) is 3. The summed E-state index contributed by atoms with van der Waals surface area (Å²) in [6.45, 7) is 3.35. The van der Waals surface area contributed by atoms with Crippen LogP contribution in [0, 0.1) is 11.7 Å². The van der Waals surface area contributed by atoms with Gasteiger partial charge < -0.3 is 14.7 Å². The van der Waals surface area contributed by atoms with Crippen LogP contribution in [0.1, 0.15) is 26.7 Å². The van der Waals surface area contributed by atoms with Gasteiger partial charge >= 0.3 is 5.97 Å². The van der Waals surface area contributed by atoms with E-state index in [0.29, 0.717) is 10.2 Å². The average molecular weight is 388 g/mol. The summed E-state index contributed by atoms with van der Waals surface area (Å²) in [5.74, 6) is -1.85. The number of nitrogens with zero attached hydrogens (tertiary/aromatic N) is 1. The Bertz CT molecular complexity index is 606. The van der Waals surface area contributed by atoms with Gasteiger partial charge in [-0.2, -0.15) is 0 Å². The van der Waals surface area contributed by atoms with Crippen LogP contribution in [0.2, 0.25) is 0 Å². The number of hydrogen-bond donors (Lipinski definition) is 1. The molecule has 1 aliphatic carbocycles. The maximum Gasteiger partial charge on any atom is 0.308 e. The molecule has 126 valence electrons. The van der Waals surface area contributed by atoms with Gasteiger partial charge in [-0.15, -0.1) is 0 Å². The lowest BCUT2D eigenvalue weighted by Gasteiger charge is -2.27. The maximum atomic E-state index is 13.1. The van der Waals surface area contributed by atoms with Crippen LogP contribution in [0.5, 0.6) is 5.75 Å². The fourth-order valence-electron chi connectivity index (χ4n) is 2.22. The number of benzene rings is 1. The summed E-state index contributed by atoms with van der Waals surface area (Å²) >= 11 is 3.19. The van der Waals surface area contributed by atoms with Crippen molar-refractivity contribution in [3.63, 3.8) is 0 Å². The van der Waals surface area contributed by atoms with E-state index in [2.05, 4.69) is 15.9 Å². The Labute approximate surface area is 142 Å². The summed E-state index contributed by atoms with van der Waals surface area (Å²) in [5, 5.41) is 9.04. The van der Waals surface area contributed by atoms with Crippen LogP contribution in [0.4, 0.5) is 4.39 Å². The summed E-state index contributed by atoms with van der Waals surface area (Å²) < 4.78 is 19.1. The molecule has 1 aromatic carbocycles. The Balaban J connectivity index is 2.05. The molecule has 0 radical (unpaired) electrons. The molecule has 1 aromatic rings. The minimum absolute atomic E-state index is 0.0898. The zero-order valence-electron chi connectivity index (χ0n) is 13.0. The molecule has 1 amide bonds. The van der Waals surface area contributed by atoms with Gasteiger partial charge in [-0.25, -0.2) is 4.39 Å². The standard InChI is InChI=1S/C16H19BrFNO4/c1-9(16(21)22)8-19(12-4-5-12)15(20)10(2)23-14-6-3-11(18)7-13(14)17/h3,6-7,9-10,12H,4-5,8H2,1-2H3,(H,21,22). The van der Waals surface area contributed by atoms with Gasteiger partial charge in [0.2, 0.25) is 0 Å². The molecule has 0 saturated heterocycles. The van der Waals surface area contributed by atoms with Crippen molar-refractivity contribution in [2.45, 2.75) is 38.8 Å². The quantitative estimate of drug-likeness (QED) is 0.780. The van der Waals surface area contributed by atoms with E-state index in [1.165, 1.54) is 18.2 Å². The largest absolute Gasteiger partial charge is 0.481 e. The molecule has 23 heavy (non-hydrogen) atoms. The Morgan fingerprint density at radius 1 is 1.43 bits per heavy atom. The third-order valence-corrected chi connectivity index (χ3v) is 4.33. The topological polar surface area (TPSA) is 66.8 Å². The molecule has 1 aliphatic rings. The molecule has 0 bridgehead atoms. The third kappa shape index (κ3) is 4.67. The van der Waals surface area contributed by atoms with Crippen LogP contribution >= 0.6 is 15.9 Å². The minimum atomic E-state index is -0.932. The fourth-order valence-corrected chi connectivity index (χ4v) is 2.67. The first-order valence-corrected chi connectivity index (χ1v) is 8.24. The van der Waals surface area contributed by atoms with Crippen LogP contribution in [0.25, 0.3) is 0 Å². The van der Waals surface area contributed by atoms with Crippen LogP contribution in [0.3, 0.4) is 0 Å². The Hall–Kier alpha value is -1.63. The van der Waals surface area contributed by atoms with E-state index in [1.54, 1.807) is 18.7 Å². The Kier molecular flexibility index (Phi) is 5.62. The molecule has 2 atom stereocenters. The van der Waals surface area contributed by atoms with Gasteiger partial charge in [0.05, 0.1) is 10.4 Å². The normalized spacial score (nSPS) is 16.5. The number of carboxylic acid groups (broad SMARTS) is 1. The Morgan fingerprint density at radius 2 is 2.09 bits per heavy atom. The predicted octanol–water partition coefficient (Wildman–Crippen LogP) is 3.07. The molecule has 0 aromatic heterocycles. The summed E-state index contributed by atoms with van der Waals surface area (Å²) in [7, 11) is 0. The summed E-state index contributed by atoms with van der Waals surface area (Å²) in [4.78, 5) is 25.2. The smallest absolute Gasteiger partial charge is 0.308 e. The van der Waals surface area contributed by atoms with Crippen LogP contribution in [-0.4, -0.2) is 40.6 Å². The molecular formula is C16H19BrFNO4. The summed E-state index contributed by atoms with van der Waals surface area (Å²) in [6.07, 6.45) is 0.981. The molecule has 7 heteroatoms. The number of ether oxygens (including phenoxy) is 1. The van der Waals surface area contributed by atoms with Gasteiger partial charge in [0.25, 0.3) is 5.91 Å². The Morgan fingerprint density at radius 3 is 2.61 bits per heavy atom. The molecule has 2 rings (SSSR count). The second kappa shape index (κ2) is 7.29. The first-order valence-electron chi connectivity index (χ1n) is 7.44. The number of aliphatic carboxylic acids is 1. The van der Waals surface area contributed by atoms with Crippen LogP contribution < -0.4 is 4.74 Å². The minimum Gasteiger partial charge on any atom is -0.481 e. The second-order valence-electron chi connectivity index (χ2n) is 5.80. The highest BCUT2D eigenvalue weighted by Gasteiger charge is 2.37. The van der Waals surface area contributed by atoms with Gasteiger partial charge in [-0.05, 0) is 53.9 Å². The monoisotopic (exact) mass is 387 g/mol. The maximum absolute atomic E-state index is 13.1. The number of rotatable bonds is 7. The number of carboxylic acids is 1. The molecule has 1 N–H and O–H groups in total. The molecule has 5 nitrogen and oxygen atoms in total. The number of carbonyl (C=O) groups is 2. The van der Waals surface area contributed by atoms with Gasteiger partial charge in [0, 0.05) is 12.6 Å². The molecule has 0 aliphatic heterocycles. The van der Waals surface area contributed by atoms with E-state index in [0.717, 1.165) is 12.8 Å². The van der Waals surface area contributed by atoms with Crippen molar-refractivity contribution in [3.8, 4) is 5.75 Å². The van der Waals surface area contributed by atoms with E-state index in [-0.39, 0.29) is 18.5 Å². The van der Waals surface area contributed by atoms with E-state index in [9.17, 15) is 14.0 Å². The van der Waals surface area contributed by atoms with E-state index >= 15 is 0 Å². The van der Waals surface area contributed by atoms with Crippen molar-refractivity contribution in [2.24, 2.45) is 5.92 Å². The lowest BCUT2D eigenvalue weighted by Crippen LogP contribution is -2.45. The molecule has 2 unspecified atom stereocenters. The highest BCUT2D eigenvalue weighted by molar-refractivity contribution is 9.10. The van der Waals surface area contributed by atoms with Crippen molar-refractivity contribution < 1.29 is 23.8 Å². The number of halogens is 2. The fraction of sp³-hybridized carbons (Fsp3) is 0.500. The molecule has 0 spiro atoms. The second-order valence-corrected chi connectivity index (χ2v) is 6.65. The highest BCUT2D eigenvalue weighted by atomic mass is 79.9. The van der Waals surface area contributed by atoms with Gasteiger partial charge in [0.15, 0.2) is 6.10 Å². The lowest BCUT2D eigenvalue weighted by molar-refractivity contribution is -0.145.